The van der Waals surface area contributed by atoms with Gasteiger partial charge in [0.1, 0.15) is 5.75 Å². The van der Waals surface area contributed by atoms with Crippen molar-refractivity contribution in [1.29, 1.82) is 0 Å². The Morgan fingerprint density at radius 1 is 0.966 bits per heavy atom. The van der Waals surface area contributed by atoms with E-state index in [0.29, 0.717) is 41.2 Å². The molecule has 2 aromatic rings. The predicted molar refractivity (Wildman–Crippen MR) is 111 cm³/mol. The lowest BCUT2D eigenvalue weighted by atomic mass is 9.84. The van der Waals surface area contributed by atoms with E-state index in [2.05, 4.69) is 0 Å². The second-order valence-electron chi connectivity index (χ2n) is 6.98. The van der Waals surface area contributed by atoms with Crippen molar-refractivity contribution >= 4 is 5.97 Å². The second-order valence-corrected chi connectivity index (χ2v) is 6.98. The average Bonchev–Trinajstić information content (AvgIpc) is 2.72. The van der Waals surface area contributed by atoms with Crippen LogP contribution in [0.1, 0.15) is 56.8 Å². The molecule has 0 fully saturated rings. The Balaban J connectivity index is 2.46. The molecular formula is C23H30O6. The zero-order chi connectivity index (χ0) is 21.4. The third kappa shape index (κ3) is 5.21. The maximum atomic E-state index is 12.0. The minimum atomic E-state index is -1.26. The Morgan fingerprint density at radius 2 is 1.59 bits per heavy atom. The van der Waals surface area contributed by atoms with Crippen LogP contribution in [0.15, 0.2) is 42.5 Å². The largest absolute Gasteiger partial charge is 0.493 e. The van der Waals surface area contributed by atoms with Gasteiger partial charge < -0.3 is 24.4 Å². The lowest BCUT2D eigenvalue weighted by molar-refractivity contribution is -0.145. The summed E-state index contributed by atoms with van der Waals surface area (Å²) in [5, 5.41) is 21.1. The number of hydrogen-bond donors (Lipinski definition) is 2. The third-order valence-electron chi connectivity index (χ3n) is 4.90. The van der Waals surface area contributed by atoms with E-state index in [1.165, 1.54) is 14.2 Å². The van der Waals surface area contributed by atoms with Gasteiger partial charge in [0.05, 0.1) is 19.8 Å². The zero-order valence-corrected chi connectivity index (χ0v) is 17.5. The molecule has 0 heterocycles. The van der Waals surface area contributed by atoms with Gasteiger partial charge in [0, 0.05) is 11.1 Å². The molecular weight excluding hydrogens is 372 g/mol. The summed E-state index contributed by atoms with van der Waals surface area (Å²) in [6.45, 7) is 4.02. The summed E-state index contributed by atoms with van der Waals surface area (Å²) >= 11 is 0. The SMILES string of the molecule is CCCC(O)(CCC)c1ccccc1OC(C(=O)O)c1ccc(OC)c(OC)c1. The van der Waals surface area contributed by atoms with E-state index < -0.39 is 17.7 Å². The number of methoxy groups -OCH3 is 2. The monoisotopic (exact) mass is 402 g/mol. The van der Waals surface area contributed by atoms with Gasteiger partial charge in [-0.15, -0.1) is 0 Å². The average molecular weight is 402 g/mol. The smallest absolute Gasteiger partial charge is 0.349 e. The molecule has 2 rings (SSSR count). The molecule has 29 heavy (non-hydrogen) atoms. The highest BCUT2D eigenvalue weighted by Gasteiger charge is 2.32. The van der Waals surface area contributed by atoms with Gasteiger partial charge in [0.25, 0.3) is 0 Å². The Labute approximate surface area is 172 Å². The van der Waals surface area contributed by atoms with E-state index in [1.807, 2.05) is 19.9 Å². The van der Waals surface area contributed by atoms with Crippen LogP contribution < -0.4 is 14.2 Å². The first-order chi connectivity index (χ1) is 13.9. The van der Waals surface area contributed by atoms with Gasteiger partial charge in [-0.05, 0) is 31.0 Å². The molecule has 6 nitrogen and oxygen atoms in total. The van der Waals surface area contributed by atoms with Crippen LogP contribution >= 0.6 is 0 Å². The zero-order valence-electron chi connectivity index (χ0n) is 17.5. The molecule has 0 aromatic heterocycles. The summed E-state index contributed by atoms with van der Waals surface area (Å²) in [6.07, 6.45) is 1.46. The number of hydrogen-bond acceptors (Lipinski definition) is 5. The summed E-state index contributed by atoms with van der Waals surface area (Å²) in [4.78, 5) is 12.0. The number of ether oxygens (including phenoxy) is 3. The Kier molecular flexibility index (Phi) is 7.91. The molecule has 158 valence electrons. The van der Waals surface area contributed by atoms with Crippen LogP contribution in [0.2, 0.25) is 0 Å². The molecule has 2 aromatic carbocycles. The highest BCUT2D eigenvalue weighted by molar-refractivity contribution is 5.75. The molecule has 0 bridgehead atoms. The fourth-order valence-corrected chi connectivity index (χ4v) is 3.58. The number of rotatable bonds is 11. The molecule has 0 spiro atoms. The minimum Gasteiger partial charge on any atom is -0.493 e. The van der Waals surface area contributed by atoms with Crippen molar-refractivity contribution in [2.24, 2.45) is 0 Å². The highest BCUT2D eigenvalue weighted by atomic mass is 16.5. The van der Waals surface area contributed by atoms with Gasteiger partial charge in [0.15, 0.2) is 11.5 Å². The van der Waals surface area contributed by atoms with Crippen LogP contribution in [0.25, 0.3) is 0 Å². The highest BCUT2D eigenvalue weighted by Crippen LogP contribution is 2.39. The van der Waals surface area contributed by atoms with Gasteiger partial charge in [-0.3, -0.25) is 0 Å². The first-order valence-corrected chi connectivity index (χ1v) is 9.83. The van der Waals surface area contributed by atoms with Gasteiger partial charge in [-0.1, -0.05) is 51.0 Å². The third-order valence-corrected chi connectivity index (χ3v) is 4.90. The molecule has 1 unspecified atom stereocenters. The van der Waals surface area contributed by atoms with Crippen molar-refractivity contribution in [2.75, 3.05) is 14.2 Å². The number of para-hydroxylation sites is 1. The molecule has 0 aliphatic heterocycles. The van der Waals surface area contributed by atoms with Crippen molar-refractivity contribution in [2.45, 2.75) is 51.2 Å². The van der Waals surface area contributed by atoms with Crippen LogP contribution in [-0.4, -0.2) is 30.4 Å². The van der Waals surface area contributed by atoms with Crippen molar-refractivity contribution in [3.63, 3.8) is 0 Å². The van der Waals surface area contributed by atoms with Crippen LogP contribution in [0.5, 0.6) is 17.2 Å². The molecule has 1 atom stereocenters. The fraction of sp³-hybridized carbons (Fsp3) is 0.435. The summed E-state index contributed by atoms with van der Waals surface area (Å²) in [5.41, 5.74) is -0.0456. The molecule has 0 aliphatic carbocycles. The summed E-state index contributed by atoms with van der Waals surface area (Å²) in [7, 11) is 3.00. The summed E-state index contributed by atoms with van der Waals surface area (Å²) < 4.78 is 16.5. The van der Waals surface area contributed by atoms with Gasteiger partial charge >= 0.3 is 5.97 Å². The molecule has 6 heteroatoms. The molecule has 0 amide bonds. The normalized spacial score (nSPS) is 12.3. The van der Waals surface area contributed by atoms with Crippen molar-refractivity contribution in [3.05, 3.63) is 53.6 Å². The summed E-state index contributed by atoms with van der Waals surface area (Å²) in [6, 6.07) is 12.0. The fourth-order valence-electron chi connectivity index (χ4n) is 3.58. The number of carboxylic acids is 1. The van der Waals surface area contributed by atoms with Crippen LogP contribution in [0, 0.1) is 0 Å². The van der Waals surface area contributed by atoms with E-state index in [0.717, 1.165) is 12.8 Å². The lowest BCUT2D eigenvalue weighted by Gasteiger charge is -2.30. The van der Waals surface area contributed by atoms with E-state index in [9.17, 15) is 15.0 Å². The number of aliphatic hydroxyl groups is 1. The Morgan fingerprint density at radius 3 is 2.14 bits per heavy atom. The van der Waals surface area contributed by atoms with Crippen LogP contribution in [0.3, 0.4) is 0 Å². The minimum absolute atomic E-state index is 0.360. The maximum absolute atomic E-state index is 12.0. The number of carbonyl (C=O) groups is 1. The molecule has 0 saturated heterocycles. The topological polar surface area (TPSA) is 85.2 Å². The quantitative estimate of drug-likeness (QED) is 0.567. The standard InChI is InChI=1S/C23H30O6/c1-5-13-23(26,14-6-2)17-9-7-8-10-18(17)29-21(22(24)25)16-11-12-19(27-3)20(15-16)28-4/h7-12,15,21,26H,5-6,13-14H2,1-4H3,(H,24,25). The van der Waals surface area contributed by atoms with Crippen LogP contribution in [0.4, 0.5) is 0 Å². The molecule has 2 N–H and O–H groups in total. The van der Waals surface area contributed by atoms with Gasteiger partial charge in [0.2, 0.25) is 6.10 Å². The number of aliphatic carboxylic acids is 1. The number of carboxylic acid groups (broad SMARTS) is 1. The molecule has 0 radical (unpaired) electrons. The Hall–Kier alpha value is -2.73. The van der Waals surface area contributed by atoms with E-state index >= 15 is 0 Å². The maximum Gasteiger partial charge on any atom is 0.349 e. The lowest BCUT2D eigenvalue weighted by Crippen LogP contribution is -2.27. The first-order valence-electron chi connectivity index (χ1n) is 9.83. The number of benzene rings is 2. The van der Waals surface area contributed by atoms with Gasteiger partial charge in [-0.2, -0.15) is 0 Å². The molecule has 0 saturated carbocycles. The van der Waals surface area contributed by atoms with E-state index in [4.69, 9.17) is 14.2 Å². The molecule has 0 aliphatic rings. The van der Waals surface area contributed by atoms with E-state index in [1.54, 1.807) is 36.4 Å². The summed E-state index contributed by atoms with van der Waals surface area (Å²) in [5.74, 6) is 0.142. The van der Waals surface area contributed by atoms with Gasteiger partial charge in [-0.25, -0.2) is 4.79 Å². The van der Waals surface area contributed by atoms with Crippen molar-refractivity contribution < 1.29 is 29.2 Å². The first kappa shape index (κ1) is 22.6. The second kappa shape index (κ2) is 10.2. The van der Waals surface area contributed by atoms with Crippen molar-refractivity contribution in [3.8, 4) is 17.2 Å². The Bertz CT molecular complexity index is 811. The predicted octanol–water partition coefficient (Wildman–Crippen LogP) is 4.70. The van der Waals surface area contributed by atoms with E-state index in [-0.39, 0.29) is 0 Å². The van der Waals surface area contributed by atoms with Crippen molar-refractivity contribution in [1.82, 2.24) is 0 Å². The van der Waals surface area contributed by atoms with Crippen LogP contribution in [-0.2, 0) is 10.4 Å².